The first kappa shape index (κ1) is 16.1. The molecule has 3 N–H and O–H groups in total. The van der Waals surface area contributed by atoms with Crippen LogP contribution in [0.1, 0.15) is 75.8 Å². The Morgan fingerprint density at radius 1 is 0.952 bits per heavy atom. The smallest absolute Gasteiger partial charge is 0.0941 e. The molecule has 3 nitrogen and oxygen atoms in total. The Morgan fingerprint density at radius 3 is 2.24 bits per heavy atom. The number of fused-ring (bicyclic) bond motifs is 1. The summed E-state index contributed by atoms with van der Waals surface area (Å²) in [4.78, 5) is 3.32. The zero-order valence-electron chi connectivity index (χ0n) is 13.1. The SMILES string of the molecule is CCCCC(O)c1[nH]c2ccccc2c1C(O)CCCC. The maximum Gasteiger partial charge on any atom is 0.0941 e. The molecule has 1 heterocycles. The van der Waals surface area contributed by atoms with E-state index >= 15 is 0 Å². The minimum absolute atomic E-state index is 0.507. The van der Waals surface area contributed by atoms with E-state index in [9.17, 15) is 10.2 Å². The van der Waals surface area contributed by atoms with E-state index in [0.29, 0.717) is 0 Å². The lowest BCUT2D eigenvalue weighted by molar-refractivity contribution is 0.139. The molecular weight excluding hydrogens is 262 g/mol. The number of aromatic amines is 1. The van der Waals surface area contributed by atoms with Crippen molar-refractivity contribution in [3.63, 3.8) is 0 Å². The second-order valence-corrected chi connectivity index (χ2v) is 5.81. The number of unbranched alkanes of at least 4 members (excludes halogenated alkanes) is 2. The Morgan fingerprint density at radius 2 is 1.57 bits per heavy atom. The minimum Gasteiger partial charge on any atom is -0.388 e. The monoisotopic (exact) mass is 289 g/mol. The van der Waals surface area contributed by atoms with E-state index in [0.717, 1.165) is 60.7 Å². The van der Waals surface area contributed by atoms with Crippen LogP contribution in [0.3, 0.4) is 0 Å². The lowest BCUT2D eigenvalue weighted by atomic mass is 9.97. The van der Waals surface area contributed by atoms with Gasteiger partial charge in [0.05, 0.1) is 17.9 Å². The summed E-state index contributed by atoms with van der Waals surface area (Å²) >= 11 is 0. The van der Waals surface area contributed by atoms with Gasteiger partial charge in [-0.15, -0.1) is 0 Å². The second-order valence-electron chi connectivity index (χ2n) is 5.81. The van der Waals surface area contributed by atoms with Crippen LogP contribution in [0.5, 0.6) is 0 Å². The maximum atomic E-state index is 10.6. The first-order chi connectivity index (χ1) is 10.2. The van der Waals surface area contributed by atoms with Crippen molar-refractivity contribution in [2.24, 2.45) is 0 Å². The summed E-state index contributed by atoms with van der Waals surface area (Å²) in [5.74, 6) is 0. The van der Waals surface area contributed by atoms with Gasteiger partial charge in [-0.1, -0.05) is 57.7 Å². The fourth-order valence-corrected chi connectivity index (χ4v) is 2.89. The van der Waals surface area contributed by atoms with E-state index < -0.39 is 12.2 Å². The fraction of sp³-hybridized carbons (Fsp3) is 0.556. The number of hydrogen-bond donors (Lipinski definition) is 3. The Hall–Kier alpha value is -1.32. The molecule has 0 aliphatic rings. The molecule has 0 bridgehead atoms. The highest BCUT2D eigenvalue weighted by atomic mass is 16.3. The summed E-state index contributed by atoms with van der Waals surface area (Å²) in [6, 6.07) is 7.98. The van der Waals surface area contributed by atoms with Crippen molar-refractivity contribution in [3.05, 3.63) is 35.5 Å². The fourth-order valence-electron chi connectivity index (χ4n) is 2.89. The van der Waals surface area contributed by atoms with Crippen LogP contribution in [0.4, 0.5) is 0 Å². The molecule has 0 saturated heterocycles. The predicted octanol–water partition coefficient (Wildman–Crippen LogP) is 4.62. The molecule has 0 fully saturated rings. The summed E-state index contributed by atoms with van der Waals surface area (Å²) in [6.07, 6.45) is 4.54. The molecule has 1 aromatic carbocycles. The van der Waals surface area contributed by atoms with Crippen LogP contribution in [0.15, 0.2) is 24.3 Å². The Labute approximate surface area is 127 Å². The van der Waals surface area contributed by atoms with Crippen LogP contribution in [-0.4, -0.2) is 15.2 Å². The molecule has 21 heavy (non-hydrogen) atoms. The van der Waals surface area contributed by atoms with Crippen LogP contribution < -0.4 is 0 Å². The molecule has 2 unspecified atom stereocenters. The Bertz CT molecular complexity index is 561. The van der Waals surface area contributed by atoms with Gasteiger partial charge in [-0.3, -0.25) is 0 Å². The van der Waals surface area contributed by atoms with Crippen molar-refractivity contribution in [2.45, 2.75) is 64.6 Å². The summed E-state index contributed by atoms with van der Waals surface area (Å²) in [5, 5.41) is 22.1. The summed E-state index contributed by atoms with van der Waals surface area (Å²) in [5.41, 5.74) is 2.68. The molecule has 0 amide bonds. The molecular formula is C18H27NO2. The molecule has 0 aliphatic carbocycles. The summed E-state index contributed by atoms with van der Waals surface area (Å²) in [6.45, 7) is 4.24. The first-order valence-corrected chi connectivity index (χ1v) is 8.15. The van der Waals surface area contributed by atoms with Gasteiger partial charge < -0.3 is 15.2 Å². The number of hydrogen-bond acceptors (Lipinski definition) is 2. The number of aromatic nitrogens is 1. The van der Waals surface area contributed by atoms with E-state index in [4.69, 9.17) is 0 Å². The van der Waals surface area contributed by atoms with Crippen LogP contribution in [0, 0.1) is 0 Å². The van der Waals surface area contributed by atoms with Gasteiger partial charge in [0.15, 0.2) is 0 Å². The molecule has 3 heteroatoms. The zero-order chi connectivity index (χ0) is 15.2. The molecule has 0 aliphatic heterocycles. The van der Waals surface area contributed by atoms with Crippen molar-refractivity contribution in [2.75, 3.05) is 0 Å². The largest absolute Gasteiger partial charge is 0.388 e. The van der Waals surface area contributed by atoms with Gasteiger partial charge in [0.2, 0.25) is 0 Å². The molecule has 2 aromatic rings. The predicted molar refractivity (Wildman–Crippen MR) is 87.3 cm³/mol. The van der Waals surface area contributed by atoms with Crippen LogP contribution in [0.25, 0.3) is 10.9 Å². The van der Waals surface area contributed by atoms with Crippen LogP contribution in [0.2, 0.25) is 0 Å². The lowest BCUT2D eigenvalue weighted by Crippen LogP contribution is -2.06. The van der Waals surface area contributed by atoms with Crippen molar-refractivity contribution < 1.29 is 10.2 Å². The standard InChI is InChI=1S/C18H27NO2/c1-3-5-11-15(20)17-13-9-7-8-10-14(13)19-18(17)16(21)12-6-4-2/h7-10,15-16,19-21H,3-6,11-12H2,1-2H3. The third-order valence-electron chi connectivity index (χ3n) is 4.11. The maximum absolute atomic E-state index is 10.6. The summed E-state index contributed by atoms with van der Waals surface area (Å²) < 4.78 is 0. The van der Waals surface area contributed by atoms with Gasteiger partial charge >= 0.3 is 0 Å². The molecule has 116 valence electrons. The average Bonchev–Trinajstić information content (AvgIpc) is 2.89. The van der Waals surface area contributed by atoms with Crippen LogP contribution >= 0.6 is 0 Å². The van der Waals surface area contributed by atoms with Crippen molar-refractivity contribution >= 4 is 10.9 Å². The molecule has 0 radical (unpaired) electrons. The van der Waals surface area contributed by atoms with E-state index in [-0.39, 0.29) is 0 Å². The van der Waals surface area contributed by atoms with Gasteiger partial charge in [0.25, 0.3) is 0 Å². The molecule has 1 aromatic heterocycles. The number of para-hydroxylation sites is 1. The van der Waals surface area contributed by atoms with Crippen molar-refractivity contribution in [3.8, 4) is 0 Å². The van der Waals surface area contributed by atoms with Crippen LogP contribution in [-0.2, 0) is 0 Å². The number of benzene rings is 1. The highest BCUT2D eigenvalue weighted by molar-refractivity contribution is 5.85. The van der Waals surface area contributed by atoms with Gasteiger partial charge in [-0.25, -0.2) is 0 Å². The number of aliphatic hydroxyl groups is 2. The lowest BCUT2D eigenvalue weighted by Gasteiger charge is -2.16. The van der Waals surface area contributed by atoms with E-state index in [2.05, 4.69) is 18.8 Å². The summed E-state index contributed by atoms with van der Waals surface area (Å²) in [7, 11) is 0. The third kappa shape index (κ3) is 3.66. The van der Waals surface area contributed by atoms with Gasteiger partial charge in [-0.05, 0) is 18.9 Å². The van der Waals surface area contributed by atoms with E-state index in [1.54, 1.807) is 0 Å². The number of H-pyrrole nitrogens is 1. The Kier molecular flexibility index (Phi) is 5.83. The highest BCUT2D eigenvalue weighted by Gasteiger charge is 2.22. The topological polar surface area (TPSA) is 56.2 Å². The normalized spacial score (nSPS) is 14.5. The highest BCUT2D eigenvalue weighted by Crippen LogP contribution is 2.35. The average molecular weight is 289 g/mol. The number of rotatable bonds is 8. The second kappa shape index (κ2) is 7.62. The zero-order valence-corrected chi connectivity index (χ0v) is 13.1. The number of nitrogens with one attached hydrogen (secondary N) is 1. The van der Waals surface area contributed by atoms with Gasteiger partial charge in [0, 0.05) is 16.5 Å². The molecule has 2 rings (SSSR count). The molecule has 2 atom stereocenters. The van der Waals surface area contributed by atoms with Crippen molar-refractivity contribution in [1.82, 2.24) is 4.98 Å². The van der Waals surface area contributed by atoms with E-state index in [1.165, 1.54) is 0 Å². The quantitative estimate of drug-likeness (QED) is 0.664. The van der Waals surface area contributed by atoms with Gasteiger partial charge in [-0.2, -0.15) is 0 Å². The molecule has 0 spiro atoms. The van der Waals surface area contributed by atoms with Gasteiger partial charge in [0.1, 0.15) is 0 Å². The van der Waals surface area contributed by atoms with E-state index in [1.807, 2.05) is 24.3 Å². The Balaban J connectivity index is 2.38. The third-order valence-corrected chi connectivity index (χ3v) is 4.11. The number of aliphatic hydroxyl groups excluding tert-OH is 2. The first-order valence-electron chi connectivity index (χ1n) is 8.15. The van der Waals surface area contributed by atoms with Crippen molar-refractivity contribution in [1.29, 1.82) is 0 Å². The molecule has 0 saturated carbocycles. The minimum atomic E-state index is -0.524.